The summed E-state index contributed by atoms with van der Waals surface area (Å²) in [6.07, 6.45) is 6.19. The molecule has 1 aromatic heterocycles. The average molecular weight is 436 g/mol. The zero-order valence-corrected chi connectivity index (χ0v) is 18.2. The topological polar surface area (TPSA) is 67.0 Å². The fraction of sp³-hybridized carbons (Fsp3) is 0.143. The maximum atomic E-state index is 12.2. The number of benzene rings is 3. The number of hydrogen-bond donors (Lipinski definition) is 2. The largest absolute Gasteiger partial charge is 0.449 e. The van der Waals surface area contributed by atoms with Crippen LogP contribution >= 0.6 is 0 Å². The first-order valence-electron chi connectivity index (χ1n) is 11.1. The molecule has 164 valence electrons. The number of carbonyl (C=O) groups is 1. The van der Waals surface area contributed by atoms with Crippen molar-refractivity contribution in [2.24, 2.45) is 0 Å². The second-order valence-electron chi connectivity index (χ2n) is 8.04. The predicted molar refractivity (Wildman–Crippen MR) is 131 cm³/mol. The van der Waals surface area contributed by atoms with Crippen LogP contribution in [-0.2, 0) is 4.74 Å². The van der Waals surface area contributed by atoms with Crippen molar-refractivity contribution < 1.29 is 9.53 Å². The number of alkyl carbamates (subject to hydrolysis) is 1. The number of amides is 1. The Morgan fingerprint density at radius 2 is 1.64 bits per heavy atom. The first kappa shape index (κ1) is 20.8. The first-order valence-corrected chi connectivity index (χ1v) is 11.1. The van der Waals surface area contributed by atoms with Gasteiger partial charge in [-0.25, -0.2) is 4.79 Å². The van der Waals surface area contributed by atoms with Gasteiger partial charge in [0.05, 0.1) is 5.69 Å². The zero-order valence-electron chi connectivity index (χ0n) is 18.2. The average Bonchev–Trinajstić information content (AvgIpc) is 3.50. The number of fused-ring (bicyclic) bond motifs is 3. The Hall–Kier alpha value is -4.12. The Kier molecular flexibility index (Phi) is 6.02. The molecule has 1 amide bonds. The number of ether oxygens (including phenoxy) is 1. The highest BCUT2D eigenvalue weighted by Crippen LogP contribution is 2.44. The third-order valence-corrected chi connectivity index (χ3v) is 5.96. The van der Waals surface area contributed by atoms with Gasteiger partial charge >= 0.3 is 6.09 Å². The number of rotatable bonds is 7. The van der Waals surface area contributed by atoms with Crippen molar-refractivity contribution in [2.45, 2.75) is 12.3 Å². The third-order valence-electron chi connectivity index (χ3n) is 5.96. The Labute approximate surface area is 193 Å². The molecule has 1 heterocycles. The van der Waals surface area contributed by atoms with Gasteiger partial charge in [-0.05, 0) is 45.9 Å². The summed E-state index contributed by atoms with van der Waals surface area (Å²) >= 11 is 0. The molecule has 1 aliphatic rings. The standard InChI is InChI=1S/C28H25N3O2/c32-28(29-17-6-5-7-20-12-14-21(15-13-20)27-16-18-30-31-27)33-19-26-24-10-3-1-8-22(24)23-9-2-4-11-25(23)26/h1-5,7-16,18,26H,6,17,19H2,(H,29,32)(H,30,31). The number of carbonyl (C=O) groups excluding carboxylic acids is 1. The van der Waals surface area contributed by atoms with Gasteiger partial charge in [-0.1, -0.05) is 84.9 Å². The van der Waals surface area contributed by atoms with Crippen molar-refractivity contribution in [1.82, 2.24) is 15.5 Å². The van der Waals surface area contributed by atoms with Gasteiger partial charge in [-0.3, -0.25) is 5.10 Å². The van der Waals surface area contributed by atoms with Gasteiger partial charge in [0, 0.05) is 18.7 Å². The van der Waals surface area contributed by atoms with E-state index in [-0.39, 0.29) is 12.0 Å². The molecule has 4 aromatic rings. The molecule has 5 rings (SSSR count). The molecular formula is C28H25N3O2. The van der Waals surface area contributed by atoms with Gasteiger partial charge in [-0.15, -0.1) is 0 Å². The molecule has 5 nitrogen and oxygen atoms in total. The van der Waals surface area contributed by atoms with Crippen molar-refractivity contribution >= 4 is 12.2 Å². The minimum absolute atomic E-state index is 0.0766. The van der Waals surface area contributed by atoms with Crippen molar-refractivity contribution in [1.29, 1.82) is 0 Å². The fourth-order valence-corrected chi connectivity index (χ4v) is 4.32. The molecular weight excluding hydrogens is 410 g/mol. The summed E-state index contributed by atoms with van der Waals surface area (Å²) in [6, 6.07) is 26.9. The fourth-order valence-electron chi connectivity index (χ4n) is 4.32. The molecule has 0 aliphatic heterocycles. The van der Waals surface area contributed by atoms with E-state index in [1.807, 2.05) is 30.3 Å². The highest BCUT2D eigenvalue weighted by molar-refractivity contribution is 5.79. The van der Waals surface area contributed by atoms with Crippen LogP contribution in [0, 0.1) is 0 Å². The lowest BCUT2D eigenvalue weighted by atomic mass is 9.98. The number of nitrogens with one attached hydrogen (secondary N) is 2. The summed E-state index contributed by atoms with van der Waals surface area (Å²) in [5.41, 5.74) is 8.09. The van der Waals surface area contributed by atoms with E-state index in [9.17, 15) is 4.79 Å². The normalized spacial score (nSPS) is 12.5. The lowest BCUT2D eigenvalue weighted by Gasteiger charge is -2.14. The van der Waals surface area contributed by atoms with Gasteiger partial charge in [0.25, 0.3) is 0 Å². The van der Waals surface area contributed by atoms with Crippen LogP contribution in [0.2, 0.25) is 0 Å². The Bertz CT molecular complexity index is 1220. The van der Waals surface area contributed by atoms with Gasteiger partial charge in [0.1, 0.15) is 6.61 Å². The molecule has 0 unspecified atom stereocenters. The molecule has 1 aliphatic carbocycles. The number of H-pyrrole nitrogens is 1. The SMILES string of the molecule is O=C(NCCC=Cc1ccc(-c2ccn[nH]2)cc1)OCC1c2ccccc2-c2ccccc21. The molecule has 0 radical (unpaired) electrons. The molecule has 33 heavy (non-hydrogen) atoms. The molecule has 0 atom stereocenters. The number of aromatic nitrogens is 2. The van der Waals surface area contributed by atoms with E-state index >= 15 is 0 Å². The lowest BCUT2D eigenvalue weighted by Crippen LogP contribution is -2.26. The van der Waals surface area contributed by atoms with E-state index in [0.29, 0.717) is 13.2 Å². The van der Waals surface area contributed by atoms with Crippen LogP contribution in [0.1, 0.15) is 29.0 Å². The maximum Gasteiger partial charge on any atom is 0.407 e. The van der Waals surface area contributed by atoms with Gasteiger partial charge in [-0.2, -0.15) is 5.10 Å². The lowest BCUT2D eigenvalue weighted by molar-refractivity contribution is 0.143. The Morgan fingerprint density at radius 1 is 0.939 bits per heavy atom. The van der Waals surface area contributed by atoms with E-state index in [0.717, 1.165) is 23.2 Å². The van der Waals surface area contributed by atoms with Crippen molar-refractivity contribution in [3.8, 4) is 22.4 Å². The van der Waals surface area contributed by atoms with Crippen LogP contribution in [0.5, 0.6) is 0 Å². The molecule has 0 saturated heterocycles. The van der Waals surface area contributed by atoms with Crippen LogP contribution < -0.4 is 5.32 Å². The minimum atomic E-state index is -0.380. The van der Waals surface area contributed by atoms with Gasteiger partial charge < -0.3 is 10.1 Å². The van der Waals surface area contributed by atoms with E-state index < -0.39 is 0 Å². The zero-order chi connectivity index (χ0) is 22.5. The number of nitrogens with zero attached hydrogens (tertiary/aromatic N) is 1. The van der Waals surface area contributed by atoms with Crippen molar-refractivity contribution in [3.63, 3.8) is 0 Å². The maximum absolute atomic E-state index is 12.2. The van der Waals surface area contributed by atoms with Crippen LogP contribution in [0.3, 0.4) is 0 Å². The van der Waals surface area contributed by atoms with Crippen LogP contribution in [0.25, 0.3) is 28.5 Å². The van der Waals surface area contributed by atoms with E-state index in [1.54, 1.807) is 6.20 Å². The molecule has 5 heteroatoms. The number of hydrogen-bond acceptors (Lipinski definition) is 3. The van der Waals surface area contributed by atoms with E-state index in [1.165, 1.54) is 22.3 Å². The quantitative estimate of drug-likeness (QED) is 0.349. The van der Waals surface area contributed by atoms with Crippen molar-refractivity contribution in [3.05, 3.63) is 108 Å². The summed E-state index contributed by atoms with van der Waals surface area (Å²) in [4.78, 5) is 12.2. The summed E-state index contributed by atoms with van der Waals surface area (Å²) in [5.74, 6) is 0.0766. The Balaban J connectivity index is 1.09. The predicted octanol–water partition coefficient (Wildman–Crippen LogP) is 6.02. The molecule has 0 fully saturated rings. The van der Waals surface area contributed by atoms with Gasteiger partial charge in [0.2, 0.25) is 0 Å². The summed E-state index contributed by atoms with van der Waals surface area (Å²) in [5, 5.41) is 9.78. The molecule has 0 bridgehead atoms. The summed E-state index contributed by atoms with van der Waals surface area (Å²) in [6.45, 7) is 0.859. The van der Waals surface area contributed by atoms with E-state index in [2.05, 4.69) is 76.2 Å². The Morgan fingerprint density at radius 3 is 2.30 bits per heavy atom. The van der Waals surface area contributed by atoms with Gasteiger partial charge in [0.15, 0.2) is 0 Å². The highest BCUT2D eigenvalue weighted by atomic mass is 16.5. The third kappa shape index (κ3) is 4.58. The highest BCUT2D eigenvalue weighted by Gasteiger charge is 2.28. The molecule has 0 saturated carbocycles. The van der Waals surface area contributed by atoms with E-state index in [4.69, 9.17) is 4.74 Å². The van der Waals surface area contributed by atoms with Crippen LogP contribution in [-0.4, -0.2) is 29.4 Å². The van der Waals surface area contributed by atoms with Crippen LogP contribution in [0.15, 0.2) is 91.1 Å². The summed E-state index contributed by atoms with van der Waals surface area (Å²) in [7, 11) is 0. The summed E-state index contributed by atoms with van der Waals surface area (Å²) < 4.78 is 5.57. The minimum Gasteiger partial charge on any atom is -0.449 e. The molecule has 3 aromatic carbocycles. The molecule has 0 spiro atoms. The smallest absolute Gasteiger partial charge is 0.407 e. The first-order chi connectivity index (χ1) is 16.3. The second kappa shape index (κ2) is 9.57. The second-order valence-corrected chi connectivity index (χ2v) is 8.04. The monoisotopic (exact) mass is 435 g/mol. The van der Waals surface area contributed by atoms with Crippen molar-refractivity contribution in [2.75, 3.05) is 13.2 Å². The number of aromatic amines is 1. The molecule has 2 N–H and O–H groups in total. The van der Waals surface area contributed by atoms with Crippen LogP contribution in [0.4, 0.5) is 4.79 Å².